The molecule has 100 valence electrons. The molecular weight excluding hydrogens is 232 g/mol. The molecule has 5 heteroatoms. The first-order valence-electron chi connectivity index (χ1n) is 5.90. The van der Waals surface area contributed by atoms with Gasteiger partial charge in [-0.25, -0.2) is 4.79 Å². The summed E-state index contributed by atoms with van der Waals surface area (Å²) in [6, 6.07) is 5.11. The molecule has 1 aromatic rings. The molecule has 0 aliphatic carbocycles. The van der Waals surface area contributed by atoms with Gasteiger partial charge in [-0.05, 0) is 44.0 Å². The third-order valence-corrected chi connectivity index (χ3v) is 2.62. The standard InChI is InChI=1S/C13H20N2O3/c1-9-8-11(18-3)4-5-12(9)15-13(17)14-10(2)6-7-16/h4-5,8,10,16H,6-7H2,1-3H3,(H2,14,15,17)/t10-/m1/s1. The molecule has 0 fully saturated rings. The average Bonchev–Trinajstić information content (AvgIpc) is 2.31. The van der Waals surface area contributed by atoms with Gasteiger partial charge in [-0.2, -0.15) is 0 Å². The average molecular weight is 252 g/mol. The molecule has 0 heterocycles. The molecule has 1 atom stereocenters. The molecule has 3 N–H and O–H groups in total. The predicted molar refractivity (Wildman–Crippen MR) is 71.1 cm³/mol. The van der Waals surface area contributed by atoms with E-state index in [1.54, 1.807) is 19.2 Å². The first kappa shape index (κ1) is 14.3. The highest BCUT2D eigenvalue weighted by Crippen LogP contribution is 2.20. The van der Waals surface area contributed by atoms with Crippen LogP contribution < -0.4 is 15.4 Å². The van der Waals surface area contributed by atoms with Crippen molar-refractivity contribution in [3.63, 3.8) is 0 Å². The van der Waals surface area contributed by atoms with Crippen LogP contribution in [0.25, 0.3) is 0 Å². The topological polar surface area (TPSA) is 70.6 Å². The minimum Gasteiger partial charge on any atom is -0.497 e. The Bertz CT molecular complexity index is 407. The monoisotopic (exact) mass is 252 g/mol. The number of benzene rings is 1. The van der Waals surface area contributed by atoms with E-state index in [9.17, 15) is 4.79 Å². The van der Waals surface area contributed by atoms with Gasteiger partial charge in [0.15, 0.2) is 0 Å². The van der Waals surface area contributed by atoms with Crippen LogP contribution >= 0.6 is 0 Å². The van der Waals surface area contributed by atoms with Gasteiger partial charge in [0.2, 0.25) is 0 Å². The Morgan fingerprint density at radius 2 is 2.22 bits per heavy atom. The minimum atomic E-state index is -0.274. The molecule has 18 heavy (non-hydrogen) atoms. The summed E-state index contributed by atoms with van der Waals surface area (Å²) >= 11 is 0. The molecule has 0 aromatic heterocycles. The molecule has 0 saturated heterocycles. The highest BCUT2D eigenvalue weighted by atomic mass is 16.5. The quantitative estimate of drug-likeness (QED) is 0.749. The van der Waals surface area contributed by atoms with E-state index in [1.807, 2.05) is 19.9 Å². The molecule has 0 aliphatic heterocycles. The Kier molecular flexibility index (Phi) is 5.45. The number of carbonyl (C=O) groups is 1. The molecule has 1 rings (SSSR count). The molecule has 0 radical (unpaired) electrons. The zero-order valence-electron chi connectivity index (χ0n) is 11.0. The molecule has 1 aromatic carbocycles. The third kappa shape index (κ3) is 4.25. The Morgan fingerprint density at radius 1 is 1.50 bits per heavy atom. The number of ether oxygens (including phenoxy) is 1. The number of nitrogens with one attached hydrogen (secondary N) is 2. The predicted octanol–water partition coefficient (Wildman–Crippen LogP) is 1.90. The first-order chi connectivity index (χ1) is 8.56. The van der Waals surface area contributed by atoms with Crippen LogP contribution in [-0.4, -0.2) is 30.9 Å². The van der Waals surface area contributed by atoms with Crippen LogP contribution in [0.1, 0.15) is 18.9 Å². The fourth-order valence-electron chi connectivity index (χ4n) is 1.55. The summed E-state index contributed by atoms with van der Waals surface area (Å²) in [4.78, 5) is 11.7. The SMILES string of the molecule is COc1ccc(NC(=O)N[C@H](C)CCO)c(C)c1. The lowest BCUT2D eigenvalue weighted by Gasteiger charge is -2.14. The van der Waals surface area contributed by atoms with Crippen LogP contribution in [0.5, 0.6) is 5.75 Å². The van der Waals surface area contributed by atoms with E-state index in [4.69, 9.17) is 9.84 Å². The maximum atomic E-state index is 11.7. The van der Waals surface area contributed by atoms with Crippen molar-refractivity contribution >= 4 is 11.7 Å². The second kappa shape index (κ2) is 6.86. The summed E-state index contributed by atoms with van der Waals surface area (Å²) in [5.41, 5.74) is 1.67. The smallest absolute Gasteiger partial charge is 0.319 e. The molecule has 0 spiro atoms. The summed E-state index contributed by atoms with van der Waals surface area (Å²) in [7, 11) is 1.60. The molecule has 0 unspecified atom stereocenters. The van der Waals surface area contributed by atoms with Gasteiger partial charge in [-0.1, -0.05) is 0 Å². The highest BCUT2D eigenvalue weighted by molar-refractivity contribution is 5.90. The van der Waals surface area contributed by atoms with Crippen LogP contribution in [0.3, 0.4) is 0 Å². The van der Waals surface area contributed by atoms with E-state index in [0.29, 0.717) is 6.42 Å². The number of anilines is 1. The minimum absolute atomic E-state index is 0.0585. The summed E-state index contributed by atoms with van der Waals surface area (Å²) in [5.74, 6) is 0.757. The Balaban J connectivity index is 2.59. The van der Waals surface area contributed by atoms with Crippen LogP contribution in [-0.2, 0) is 0 Å². The van der Waals surface area contributed by atoms with Crippen molar-refractivity contribution in [1.29, 1.82) is 0 Å². The normalized spacial score (nSPS) is 11.8. The first-order valence-corrected chi connectivity index (χ1v) is 5.90. The number of methoxy groups -OCH3 is 1. The second-order valence-corrected chi connectivity index (χ2v) is 4.19. The van der Waals surface area contributed by atoms with Gasteiger partial charge >= 0.3 is 6.03 Å². The lowest BCUT2D eigenvalue weighted by molar-refractivity contribution is 0.241. The molecule has 0 aliphatic rings. The van der Waals surface area contributed by atoms with Crippen molar-refractivity contribution in [2.75, 3.05) is 19.0 Å². The molecule has 2 amide bonds. The van der Waals surface area contributed by atoms with E-state index in [0.717, 1.165) is 17.0 Å². The van der Waals surface area contributed by atoms with Gasteiger partial charge in [0.05, 0.1) is 7.11 Å². The van der Waals surface area contributed by atoms with Crippen molar-refractivity contribution in [3.05, 3.63) is 23.8 Å². The van der Waals surface area contributed by atoms with Crippen LogP contribution in [0.2, 0.25) is 0 Å². The Hall–Kier alpha value is -1.75. The fraction of sp³-hybridized carbons (Fsp3) is 0.462. The summed E-state index contributed by atoms with van der Waals surface area (Å²) in [6.45, 7) is 3.80. The number of aliphatic hydroxyl groups excluding tert-OH is 1. The van der Waals surface area contributed by atoms with Crippen molar-refractivity contribution in [2.24, 2.45) is 0 Å². The van der Waals surface area contributed by atoms with Crippen LogP contribution in [0, 0.1) is 6.92 Å². The number of aryl methyl sites for hydroxylation is 1. The zero-order valence-corrected chi connectivity index (χ0v) is 11.0. The van der Waals surface area contributed by atoms with Gasteiger partial charge < -0.3 is 20.5 Å². The lowest BCUT2D eigenvalue weighted by atomic mass is 10.2. The van der Waals surface area contributed by atoms with E-state index in [1.165, 1.54) is 0 Å². The molecular formula is C13H20N2O3. The van der Waals surface area contributed by atoms with E-state index < -0.39 is 0 Å². The Morgan fingerprint density at radius 3 is 2.78 bits per heavy atom. The van der Waals surface area contributed by atoms with Gasteiger partial charge in [0.25, 0.3) is 0 Å². The number of carbonyl (C=O) groups excluding carboxylic acids is 1. The van der Waals surface area contributed by atoms with Crippen molar-refractivity contribution < 1.29 is 14.6 Å². The highest BCUT2D eigenvalue weighted by Gasteiger charge is 2.08. The van der Waals surface area contributed by atoms with Gasteiger partial charge in [0, 0.05) is 18.3 Å². The molecule has 0 bridgehead atoms. The lowest BCUT2D eigenvalue weighted by Crippen LogP contribution is -2.36. The maximum absolute atomic E-state index is 11.7. The van der Waals surface area contributed by atoms with E-state index in [-0.39, 0.29) is 18.7 Å². The van der Waals surface area contributed by atoms with Gasteiger partial charge in [-0.15, -0.1) is 0 Å². The second-order valence-electron chi connectivity index (χ2n) is 4.19. The van der Waals surface area contributed by atoms with Gasteiger partial charge in [-0.3, -0.25) is 0 Å². The number of amides is 2. The zero-order chi connectivity index (χ0) is 13.5. The van der Waals surface area contributed by atoms with Crippen LogP contribution in [0.4, 0.5) is 10.5 Å². The van der Waals surface area contributed by atoms with E-state index >= 15 is 0 Å². The van der Waals surface area contributed by atoms with Crippen molar-refractivity contribution in [1.82, 2.24) is 5.32 Å². The number of urea groups is 1. The number of hydrogen-bond acceptors (Lipinski definition) is 3. The van der Waals surface area contributed by atoms with Crippen molar-refractivity contribution in [3.8, 4) is 5.75 Å². The molecule has 5 nitrogen and oxygen atoms in total. The Labute approximate surface area is 107 Å². The maximum Gasteiger partial charge on any atom is 0.319 e. The molecule has 0 saturated carbocycles. The van der Waals surface area contributed by atoms with Crippen molar-refractivity contribution in [2.45, 2.75) is 26.3 Å². The van der Waals surface area contributed by atoms with E-state index in [2.05, 4.69) is 10.6 Å². The largest absolute Gasteiger partial charge is 0.497 e. The fourth-order valence-corrected chi connectivity index (χ4v) is 1.55. The summed E-state index contributed by atoms with van der Waals surface area (Å²) in [5, 5.41) is 14.3. The number of rotatable bonds is 5. The summed E-state index contributed by atoms with van der Waals surface area (Å²) in [6.07, 6.45) is 0.537. The third-order valence-electron chi connectivity index (χ3n) is 2.62. The summed E-state index contributed by atoms with van der Waals surface area (Å²) < 4.78 is 5.10. The van der Waals surface area contributed by atoms with Crippen LogP contribution in [0.15, 0.2) is 18.2 Å². The number of aliphatic hydroxyl groups is 1. The van der Waals surface area contributed by atoms with Gasteiger partial charge in [0.1, 0.15) is 5.75 Å². The number of hydrogen-bond donors (Lipinski definition) is 3.